The molecule has 2 N–H and O–H groups in total. The van der Waals surface area contributed by atoms with E-state index in [2.05, 4.69) is 51.0 Å². The van der Waals surface area contributed by atoms with E-state index in [1.165, 1.54) is 5.56 Å². The van der Waals surface area contributed by atoms with Gasteiger partial charge in [-0.2, -0.15) is 15.0 Å². The minimum atomic E-state index is -0.0367. The Bertz CT molecular complexity index is 1280. The summed E-state index contributed by atoms with van der Waals surface area (Å²) in [5.41, 5.74) is 2.25. The average Bonchev–Trinajstić information content (AvgIpc) is 3.43. The zero-order valence-electron chi connectivity index (χ0n) is 20.4. The van der Waals surface area contributed by atoms with Gasteiger partial charge < -0.3 is 14.6 Å². The maximum atomic E-state index is 8.63. The van der Waals surface area contributed by atoms with Gasteiger partial charge in [-0.05, 0) is 36.6 Å². The van der Waals surface area contributed by atoms with Crippen LogP contribution in [-0.4, -0.2) is 64.3 Å². The number of amidine groups is 1. The van der Waals surface area contributed by atoms with Crippen molar-refractivity contribution >= 4 is 30.0 Å². The Labute approximate surface area is 212 Å². The summed E-state index contributed by atoms with van der Waals surface area (Å²) in [6.45, 7) is 4.64. The first-order valence-electron chi connectivity index (χ1n) is 12.4. The van der Waals surface area contributed by atoms with E-state index >= 15 is 0 Å². The molecule has 0 aromatic carbocycles. The number of aromatic nitrogens is 4. The molecule has 3 aliphatic rings. The van der Waals surface area contributed by atoms with Crippen molar-refractivity contribution in [2.45, 2.75) is 38.1 Å². The molecular formula is C27H32N8O. The molecule has 2 aromatic rings. The number of nitrogens with one attached hydrogen (secondary N) is 2. The van der Waals surface area contributed by atoms with Gasteiger partial charge in [-0.25, -0.2) is 0 Å². The van der Waals surface area contributed by atoms with Crippen LogP contribution in [0.1, 0.15) is 50.6 Å². The smallest absolute Gasteiger partial charge is 0.240 e. The number of allylic oxidation sites excluding steroid dienone is 3. The van der Waals surface area contributed by atoms with Gasteiger partial charge in [-0.1, -0.05) is 30.9 Å². The van der Waals surface area contributed by atoms with Crippen molar-refractivity contribution in [3.63, 3.8) is 0 Å². The number of hydrogen-bond acceptors (Lipinski definition) is 7. The van der Waals surface area contributed by atoms with Crippen LogP contribution in [0, 0.1) is 17.3 Å². The highest BCUT2D eigenvalue weighted by Gasteiger charge is 2.27. The highest BCUT2D eigenvalue weighted by atomic mass is 16.5. The topological polar surface area (TPSA) is 106 Å². The van der Waals surface area contributed by atoms with Crippen molar-refractivity contribution in [2.75, 3.05) is 36.1 Å². The number of fused-ring (bicyclic) bond motifs is 1. The second-order valence-corrected chi connectivity index (χ2v) is 8.68. The van der Waals surface area contributed by atoms with Crippen LogP contribution in [0.3, 0.4) is 0 Å². The van der Waals surface area contributed by atoms with Gasteiger partial charge in [-0.15, -0.1) is 0 Å². The Morgan fingerprint density at radius 2 is 2.17 bits per heavy atom. The summed E-state index contributed by atoms with van der Waals surface area (Å²) in [6.07, 6.45) is 17.6. The lowest BCUT2D eigenvalue weighted by atomic mass is 9.91. The van der Waals surface area contributed by atoms with E-state index in [0.29, 0.717) is 56.3 Å². The lowest BCUT2D eigenvalue weighted by Crippen LogP contribution is -2.38. The van der Waals surface area contributed by atoms with E-state index in [-0.39, 0.29) is 13.4 Å². The van der Waals surface area contributed by atoms with Crippen LogP contribution >= 0.6 is 0 Å². The Morgan fingerprint density at radius 1 is 1.28 bits per heavy atom. The van der Waals surface area contributed by atoms with Gasteiger partial charge in [-0.3, -0.25) is 15.3 Å². The molecule has 2 aliphatic heterocycles. The second kappa shape index (κ2) is 11.1. The molecular weight excluding hydrogens is 452 g/mol. The van der Waals surface area contributed by atoms with Crippen LogP contribution < -0.4 is 9.80 Å². The van der Waals surface area contributed by atoms with E-state index in [0.717, 1.165) is 18.5 Å². The Kier molecular flexibility index (Phi) is 7.33. The minimum Gasteiger partial charge on any atom is -0.378 e. The molecule has 2 unspecified atom stereocenters. The fourth-order valence-corrected chi connectivity index (χ4v) is 4.36. The molecule has 1 fully saturated rings. The fraction of sp³-hybridized carbons (Fsp3) is 0.370. The number of rotatable bonds is 5. The van der Waals surface area contributed by atoms with Gasteiger partial charge in [0.15, 0.2) is 0 Å². The van der Waals surface area contributed by atoms with Gasteiger partial charge in [0.05, 0.1) is 13.2 Å². The molecule has 1 aliphatic carbocycles. The molecule has 2 atom stereocenters. The van der Waals surface area contributed by atoms with E-state index in [9.17, 15) is 0 Å². The SMILES string of the molecule is CCC(=N)N(/C=C/C#CC1CC=CC=N1)c1nc(C2CC=Cc3[nH]ccc32)nc(N2CCOCC2)n1.[HH]. The molecule has 186 valence electrons. The quantitative estimate of drug-likeness (QED) is 0.378. The zero-order chi connectivity index (χ0) is 24.7. The molecule has 0 radical (unpaired) electrons. The third kappa shape index (κ3) is 5.29. The average molecular weight is 485 g/mol. The van der Waals surface area contributed by atoms with Gasteiger partial charge in [0, 0.05) is 57.2 Å². The first-order chi connectivity index (χ1) is 17.7. The summed E-state index contributed by atoms with van der Waals surface area (Å²) < 4.78 is 5.54. The molecule has 0 amide bonds. The van der Waals surface area contributed by atoms with Crippen molar-refractivity contribution in [1.82, 2.24) is 19.9 Å². The number of anilines is 2. The fourth-order valence-electron chi connectivity index (χ4n) is 4.36. The van der Waals surface area contributed by atoms with Crippen LogP contribution in [0.15, 0.2) is 47.8 Å². The summed E-state index contributed by atoms with van der Waals surface area (Å²) in [7, 11) is 0. The highest BCUT2D eigenvalue weighted by molar-refractivity contribution is 5.95. The predicted octanol–water partition coefficient (Wildman–Crippen LogP) is 3.94. The van der Waals surface area contributed by atoms with Crippen molar-refractivity contribution in [3.05, 3.63) is 59.8 Å². The largest absolute Gasteiger partial charge is 0.378 e. The Balaban J connectivity index is 0.00000320. The van der Waals surface area contributed by atoms with Gasteiger partial charge in [0.25, 0.3) is 0 Å². The predicted molar refractivity (Wildman–Crippen MR) is 145 cm³/mol. The molecule has 5 rings (SSSR count). The van der Waals surface area contributed by atoms with Crippen molar-refractivity contribution in [2.24, 2.45) is 4.99 Å². The molecule has 9 nitrogen and oxygen atoms in total. The Morgan fingerprint density at radius 3 is 2.97 bits per heavy atom. The van der Waals surface area contributed by atoms with Crippen LogP contribution in [0.4, 0.5) is 11.9 Å². The molecule has 2 aromatic heterocycles. The monoisotopic (exact) mass is 484 g/mol. The number of dihydropyridines is 1. The van der Waals surface area contributed by atoms with E-state index in [4.69, 9.17) is 25.1 Å². The van der Waals surface area contributed by atoms with E-state index < -0.39 is 0 Å². The summed E-state index contributed by atoms with van der Waals surface area (Å²) >= 11 is 0. The number of ether oxygens (including phenoxy) is 1. The van der Waals surface area contributed by atoms with Crippen LogP contribution in [0.2, 0.25) is 0 Å². The van der Waals surface area contributed by atoms with Crippen LogP contribution in [-0.2, 0) is 4.74 Å². The van der Waals surface area contributed by atoms with Gasteiger partial charge >= 0.3 is 0 Å². The minimum absolute atomic E-state index is 0. The summed E-state index contributed by atoms with van der Waals surface area (Å²) in [6, 6.07) is 2.05. The van der Waals surface area contributed by atoms with Crippen molar-refractivity contribution in [3.8, 4) is 11.8 Å². The first kappa shape index (κ1) is 23.7. The lowest BCUT2D eigenvalue weighted by Gasteiger charge is -2.29. The standard InChI is InChI=1S/C27H30N8O.H2/c1-2-24(28)35(15-6-4-9-20-8-3-5-13-29-20)27-32-25(22-10-7-11-23-21(22)12-14-30-23)31-26(33-27)34-16-18-36-19-17-34;/h3,5-7,11-15,20,22,28,30H,2,8,10,16-19H2,1H3;1H/b15-6+,28-24?;. The third-order valence-corrected chi connectivity index (χ3v) is 6.32. The molecule has 4 heterocycles. The number of morpholine rings is 1. The molecule has 9 heteroatoms. The van der Waals surface area contributed by atoms with Crippen molar-refractivity contribution < 1.29 is 6.16 Å². The first-order valence-corrected chi connectivity index (χ1v) is 12.4. The number of nitrogens with zero attached hydrogens (tertiary/aromatic N) is 6. The maximum Gasteiger partial charge on any atom is 0.240 e. The molecule has 0 spiro atoms. The van der Waals surface area contributed by atoms with Crippen molar-refractivity contribution in [1.29, 1.82) is 5.41 Å². The van der Waals surface area contributed by atoms with E-state index in [1.54, 1.807) is 23.4 Å². The maximum absolute atomic E-state index is 8.63. The number of hydrogen-bond donors (Lipinski definition) is 2. The zero-order valence-corrected chi connectivity index (χ0v) is 20.4. The molecule has 36 heavy (non-hydrogen) atoms. The summed E-state index contributed by atoms with van der Waals surface area (Å²) in [5, 5.41) is 8.63. The number of aromatic amines is 1. The van der Waals surface area contributed by atoms with Crippen LogP contribution in [0.5, 0.6) is 0 Å². The lowest BCUT2D eigenvalue weighted by molar-refractivity contribution is 0.122. The normalized spacial score (nSPS) is 20.8. The van der Waals surface area contributed by atoms with Gasteiger partial charge in [0.2, 0.25) is 11.9 Å². The second-order valence-electron chi connectivity index (χ2n) is 8.68. The summed E-state index contributed by atoms with van der Waals surface area (Å²) in [5.74, 6) is 8.35. The molecule has 0 saturated carbocycles. The number of aliphatic imine (C=N–C) groups is 1. The number of H-pyrrole nitrogens is 1. The molecule has 1 saturated heterocycles. The molecule has 0 bridgehead atoms. The Hall–Kier alpha value is -4.03. The highest BCUT2D eigenvalue weighted by Crippen LogP contribution is 2.34. The van der Waals surface area contributed by atoms with Gasteiger partial charge in [0.1, 0.15) is 17.7 Å². The van der Waals surface area contributed by atoms with E-state index in [1.807, 2.05) is 19.2 Å². The third-order valence-electron chi connectivity index (χ3n) is 6.32. The van der Waals surface area contributed by atoms with Crippen LogP contribution in [0.25, 0.3) is 6.08 Å². The summed E-state index contributed by atoms with van der Waals surface area (Å²) in [4.78, 5) is 26.1.